The van der Waals surface area contributed by atoms with E-state index in [-0.39, 0.29) is 4.90 Å². The van der Waals surface area contributed by atoms with Crippen molar-refractivity contribution in [1.29, 1.82) is 0 Å². The van der Waals surface area contributed by atoms with Crippen LogP contribution >= 0.6 is 0 Å². The lowest BCUT2D eigenvalue weighted by atomic mass is 10.2. The first kappa shape index (κ1) is 28.8. The summed E-state index contributed by atoms with van der Waals surface area (Å²) in [6.45, 7) is 2.49. The maximum absolute atomic E-state index is 11.8. The summed E-state index contributed by atoms with van der Waals surface area (Å²) in [5.74, 6) is 1.25. The number of ether oxygens (including phenoxy) is 2. The molecule has 0 saturated heterocycles. The average molecular weight is 489 g/mol. The number of rotatable bonds is 6. The smallest absolute Gasteiger partial charge is 0.242 e. The Labute approximate surface area is 203 Å². The van der Waals surface area contributed by atoms with Gasteiger partial charge in [-0.3, -0.25) is 0 Å². The molecule has 0 aliphatic heterocycles. The van der Waals surface area contributed by atoms with E-state index in [1.54, 1.807) is 45.4 Å². The van der Waals surface area contributed by atoms with Crippen LogP contribution in [0.1, 0.15) is 11.1 Å². The molecule has 0 amide bonds. The Balaban J connectivity index is 0.000000262. The molecule has 6 N–H and O–H groups in total. The molecule has 0 bridgehead atoms. The fourth-order valence-electron chi connectivity index (χ4n) is 2.81. The van der Waals surface area contributed by atoms with Gasteiger partial charge in [0, 0.05) is 19.8 Å². The van der Waals surface area contributed by atoms with Gasteiger partial charge < -0.3 is 26.7 Å². The van der Waals surface area contributed by atoms with Crippen molar-refractivity contribution in [2.75, 3.05) is 46.3 Å². The molecule has 0 aliphatic carbocycles. The highest BCUT2D eigenvalue weighted by Crippen LogP contribution is 2.32. The highest BCUT2D eigenvalue weighted by atomic mass is 32.2. The van der Waals surface area contributed by atoms with Crippen molar-refractivity contribution in [2.45, 2.75) is 18.2 Å². The van der Waals surface area contributed by atoms with Crippen LogP contribution in [-0.4, -0.2) is 47.6 Å². The molecule has 0 aromatic heterocycles. The van der Waals surface area contributed by atoms with Gasteiger partial charge in [0.05, 0.1) is 24.8 Å². The van der Waals surface area contributed by atoms with Crippen LogP contribution in [-0.2, 0) is 16.4 Å². The molecule has 0 spiro atoms. The van der Waals surface area contributed by atoms with E-state index in [0.717, 1.165) is 13.0 Å². The van der Waals surface area contributed by atoms with Gasteiger partial charge in [-0.2, -0.15) is 0 Å². The van der Waals surface area contributed by atoms with E-state index in [1.165, 1.54) is 30.0 Å². The van der Waals surface area contributed by atoms with Crippen molar-refractivity contribution in [1.82, 2.24) is 4.31 Å². The third-order valence-electron chi connectivity index (χ3n) is 4.68. The van der Waals surface area contributed by atoms with Gasteiger partial charge in [0.2, 0.25) is 10.0 Å². The molecular weight excluding hydrogens is 452 g/mol. The molecule has 0 saturated carbocycles. The number of sulfonamides is 1. The second-order valence-electron chi connectivity index (χ2n) is 7.42. The first-order chi connectivity index (χ1) is 16.1. The van der Waals surface area contributed by atoms with Crippen molar-refractivity contribution in [2.24, 2.45) is 5.73 Å². The fraction of sp³-hybridized carbons (Fsp3) is 0.280. The van der Waals surface area contributed by atoms with Crippen molar-refractivity contribution in [3.8, 4) is 11.5 Å². The highest BCUT2D eigenvalue weighted by Gasteiger charge is 2.19. The molecular formula is C25H36N4O4S. The van der Waals surface area contributed by atoms with Gasteiger partial charge in [-0.05, 0) is 55.3 Å². The van der Waals surface area contributed by atoms with Gasteiger partial charge in [0.25, 0.3) is 0 Å². The zero-order valence-corrected chi connectivity index (χ0v) is 21.3. The Morgan fingerprint density at radius 3 is 2.03 bits per heavy atom. The minimum Gasteiger partial charge on any atom is -0.493 e. The lowest BCUT2D eigenvalue weighted by molar-refractivity contribution is 0.356. The third kappa shape index (κ3) is 8.58. The number of nitrogen functional groups attached to an aromatic ring is 2. The lowest BCUT2D eigenvalue weighted by Gasteiger charge is -2.13. The second kappa shape index (κ2) is 14.1. The Morgan fingerprint density at radius 2 is 1.53 bits per heavy atom. The van der Waals surface area contributed by atoms with Crippen LogP contribution in [0.25, 0.3) is 0 Å². The molecule has 3 aromatic carbocycles. The Bertz CT molecular complexity index is 1120. The molecule has 0 aliphatic rings. The maximum atomic E-state index is 11.8. The number of benzene rings is 3. The normalized spacial score (nSPS) is 10.4. The van der Waals surface area contributed by atoms with Crippen molar-refractivity contribution in [3.63, 3.8) is 0 Å². The minimum absolute atomic E-state index is 0.266. The van der Waals surface area contributed by atoms with E-state index in [9.17, 15) is 8.42 Å². The summed E-state index contributed by atoms with van der Waals surface area (Å²) in [6, 6.07) is 20.5. The summed E-state index contributed by atoms with van der Waals surface area (Å²) in [5.41, 5.74) is 19.6. The number of hydrogen-bond donors (Lipinski definition) is 3. The average Bonchev–Trinajstić information content (AvgIpc) is 2.82. The molecule has 186 valence electrons. The standard InChI is InChI=1S/C9H14N2O2S.C8H11NO2.C8H11N/c1-7-4-5-8(10)6-9(7)14(12,13)11(2)3;1-10-7-5-3-4-6(9)8(7)11-2;9-7-6-8-4-2-1-3-5-8/h4-6H,10H2,1-3H3;3-5H,9H2,1-2H3;1-5H,6-7,9H2. The molecule has 0 unspecified atom stereocenters. The number of methoxy groups -OCH3 is 2. The van der Waals surface area contributed by atoms with Gasteiger partial charge in [-0.1, -0.05) is 42.5 Å². The zero-order chi connectivity index (χ0) is 25.7. The van der Waals surface area contributed by atoms with Gasteiger partial charge in [-0.15, -0.1) is 0 Å². The SMILES string of the molecule is COc1cccc(N)c1OC.Cc1ccc(N)cc1S(=O)(=O)N(C)C.NCCc1ccccc1. The predicted octanol–water partition coefficient (Wildman–Crippen LogP) is 3.30. The second-order valence-corrected chi connectivity index (χ2v) is 9.54. The van der Waals surface area contributed by atoms with Crippen molar-refractivity contribution >= 4 is 21.4 Å². The molecule has 0 fully saturated rings. The van der Waals surface area contributed by atoms with E-state index in [1.807, 2.05) is 24.3 Å². The van der Waals surface area contributed by atoms with Gasteiger partial charge in [0.15, 0.2) is 11.5 Å². The molecule has 34 heavy (non-hydrogen) atoms. The summed E-state index contributed by atoms with van der Waals surface area (Å²) < 4.78 is 34.8. The van der Waals surface area contributed by atoms with E-state index in [0.29, 0.717) is 28.4 Å². The Morgan fingerprint density at radius 1 is 0.882 bits per heavy atom. The quantitative estimate of drug-likeness (QED) is 0.453. The van der Waals surface area contributed by atoms with Gasteiger partial charge >= 0.3 is 0 Å². The van der Waals surface area contributed by atoms with Crippen LogP contribution in [0.3, 0.4) is 0 Å². The van der Waals surface area contributed by atoms with E-state index < -0.39 is 10.0 Å². The molecule has 0 atom stereocenters. The van der Waals surface area contributed by atoms with Gasteiger partial charge in [-0.25, -0.2) is 12.7 Å². The largest absolute Gasteiger partial charge is 0.493 e. The monoisotopic (exact) mass is 488 g/mol. The number of nitrogens with two attached hydrogens (primary N) is 3. The van der Waals surface area contributed by atoms with Crippen LogP contribution in [0, 0.1) is 6.92 Å². The molecule has 9 heteroatoms. The molecule has 0 radical (unpaired) electrons. The number of hydrogen-bond acceptors (Lipinski definition) is 7. The number of aryl methyl sites for hydroxylation is 1. The molecule has 0 heterocycles. The van der Waals surface area contributed by atoms with Crippen molar-refractivity contribution in [3.05, 3.63) is 77.9 Å². The lowest BCUT2D eigenvalue weighted by Crippen LogP contribution is -2.23. The van der Waals surface area contributed by atoms with Crippen LogP contribution in [0.2, 0.25) is 0 Å². The number of para-hydroxylation sites is 1. The minimum atomic E-state index is -3.38. The first-order valence-electron chi connectivity index (χ1n) is 10.6. The van der Waals surface area contributed by atoms with Crippen LogP contribution in [0.15, 0.2) is 71.6 Å². The summed E-state index contributed by atoms with van der Waals surface area (Å²) in [6.07, 6.45) is 0.987. The summed E-state index contributed by atoms with van der Waals surface area (Å²) in [7, 11) is 2.76. The molecule has 3 aromatic rings. The Kier molecular flexibility index (Phi) is 11.9. The third-order valence-corrected chi connectivity index (χ3v) is 6.64. The number of nitrogens with zero attached hydrogens (tertiary/aromatic N) is 1. The highest BCUT2D eigenvalue weighted by molar-refractivity contribution is 7.89. The fourth-order valence-corrected chi connectivity index (χ4v) is 3.97. The van der Waals surface area contributed by atoms with Crippen LogP contribution in [0.4, 0.5) is 11.4 Å². The topological polar surface area (TPSA) is 134 Å². The Hall–Kier alpha value is -3.27. The van der Waals surface area contributed by atoms with Crippen LogP contribution < -0.4 is 26.7 Å². The number of anilines is 2. The van der Waals surface area contributed by atoms with E-state index in [4.69, 9.17) is 26.7 Å². The summed E-state index contributed by atoms with van der Waals surface area (Å²) in [4.78, 5) is 0.266. The zero-order valence-electron chi connectivity index (χ0n) is 20.5. The molecule has 3 rings (SSSR count). The van der Waals surface area contributed by atoms with E-state index >= 15 is 0 Å². The summed E-state index contributed by atoms with van der Waals surface area (Å²) >= 11 is 0. The van der Waals surface area contributed by atoms with Gasteiger partial charge in [0.1, 0.15) is 0 Å². The maximum Gasteiger partial charge on any atom is 0.242 e. The van der Waals surface area contributed by atoms with Crippen molar-refractivity contribution < 1.29 is 17.9 Å². The predicted molar refractivity (Wildman–Crippen MR) is 140 cm³/mol. The molecule has 8 nitrogen and oxygen atoms in total. The summed E-state index contributed by atoms with van der Waals surface area (Å²) in [5, 5.41) is 0. The first-order valence-corrected chi connectivity index (χ1v) is 12.0. The van der Waals surface area contributed by atoms with E-state index in [2.05, 4.69) is 12.1 Å². The van der Waals surface area contributed by atoms with Crippen LogP contribution in [0.5, 0.6) is 11.5 Å².